The summed E-state index contributed by atoms with van der Waals surface area (Å²) in [5.74, 6) is -1.12. The van der Waals surface area contributed by atoms with Crippen LogP contribution in [0.1, 0.15) is 24.3 Å². The Balaban J connectivity index is 1.77. The van der Waals surface area contributed by atoms with Gasteiger partial charge in [0.2, 0.25) is 5.91 Å². The number of thiophene rings is 1. The van der Waals surface area contributed by atoms with Crippen molar-refractivity contribution < 1.29 is 28.7 Å². The van der Waals surface area contributed by atoms with Gasteiger partial charge < -0.3 is 20.1 Å². The lowest BCUT2D eigenvalue weighted by Gasteiger charge is -2.15. The Bertz CT molecular complexity index is 851. The molecule has 2 rings (SSSR count). The predicted molar refractivity (Wildman–Crippen MR) is 107 cm³/mol. The summed E-state index contributed by atoms with van der Waals surface area (Å²) in [6.07, 6.45) is -0.134. The third-order valence-corrected chi connectivity index (χ3v) is 4.59. The number of urea groups is 1. The fourth-order valence-corrected chi connectivity index (χ4v) is 3.11. The molecule has 10 heteroatoms. The molecule has 0 aliphatic carbocycles. The number of carbonyl (C=O) groups excluding carboxylic acids is 4. The van der Waals surface area contributed by atoms with Crippen LogP contribution in [-0.4, -0.2) is 37.5 Å². The van der Waals surface area contributed by atoms with E-state index in [1.54, 1.807) is 36.4 Å². The smallest absolute Gasteiger partial charge is 0.325 e. The molecule has 0 aliphatic rings. The lowest BCUT2D eigenvalue weighted by atomic mass is 10.1. The van der Waals surface area contributed by atoms with Crippen LogP contribution in [0.25, 0.3) is 0 Å². The maximum atomic E-state index is 12.0. The van der Waals surface area contributed by atoms with Crippen LogP contribution in [0.4, 0.5) is 10.5 Å². The molecule has 1 heterocycles. The quantitative estimate of drug-likeness (QED) is 0.564. The van der Waals surface area contributed by atoms with Gasteiger partial charge >= 0.3 is 12.0 Å². The average molecular weight is 419 g/mol. The number of hydrogen-bond donors (Lipinski definition) is 3. The largest absolute Gasteiger partial charge is 0.497 e. The van der Waals surface area contributed by atoms with Gasteiger partial charge in [-0.25, -0.2) is 4.79 Å². The second kappa shape index (κ2) is 10.8. The van der Waals surface area contributed by atoms with Gasteiger partial charge in [0, 0.05) is 17.5 Å². The molecule has 0 spiro atoms. The molecule has 1 aromatic carbocycles. The fourth-order valence-electron chi connectivity index (χ4n) is 2.33. The molecule has 29 heavy (non-hydrogen) atoms. The lowest BCUT2D eigenvalue weighted by Crippen LogP contribution is -2.37. The molecule has 0 saturated heterocycles. The summed E-state index contributed by atoms with van der Waals surface area (Å²) in [6, 6.07) is 8.80. The summed E-state index contributed by atoms with van der Waals surface area (Å²) in [6.45, 7) is 0.729. The van der Waals surface area contributed by atoms with E-state index in [1.165, 1.54) is 25.4 Å². The Labute approximate surface area is 171 Å². The van der Waals surface area contributed by atoms with E-state index < -0.39 is 30.6 Å². The highest BCUT2D eigenvalue weighted by Crippen LogP contribution is 2.22. The fraction of sp³-hybridized carbons (Fsp3) is 0.263. The Hall–Kier alpha value is -3.40. The third-order valence-electron chi connectivity index (χ3n) is 3.60. The highest BCUT2D eigenvalue weighted by atomic mass is 32.1. The summed E-state index contributed by atoms with van der Waals surface area (Å²) in [5, 5.41) is 9.02. The van der Waals surface area contributed by atoms with Gasteiger partial charge in [-0.05, 0) is 35.7 Å². The molecule has 9 nitrogen and oxygen atoms in total. The summed E-state index contributed by atoms with van der Waals surface area (Å²) in [5.41, 5.74) is 0.460. The number of amides is 4. The lowest BCUT2D eigenvalue weighted by molar-refractivity contribution is -0.148. The van der Waals surface area contributed by atoms with E-state index in [9.17, 15) is 19.2 Å². The molecule has 2 aromatic rings. The van der Waals surface area contributed by atoms with Crippen molar-refractivity contribution in [2.45, 2.75) is 19.4 Å². The standard InChI is InChI=1S/C19H21N3O6S/c1-12(23)20-15(16-4-3-9-29-16)10-18(25)28-11-17(24)22-19(26)21-13-5-7-14(27-2)8-6-13/h3-9,15H,10-11H2,1-2H3,(H,20,23)(H2,21,22,24,26). The molecule has 0 bridgehead atoms. The number of imide groups is 1. The van der Waals surface area contributed by atoms with Crippen molar-refractivity contribution in [3.05, 3.63) is 46.7 Å². The number of rotatable bonds is 8. The number of ether oxygens (including phenoxy) is 2. The Morgan fingerprint density at radius 3 is 2.41 bits per heavy atom. The van der Waals surface area contributed by atoms with Crippen LogP contribution in [0, 0.1) is 0 Å². The topological polar surface area (TPSA) is 123 Å². The maximum Gasteiger partial charge on any atom is 0.325 e. The molecular weight excluding hydrogens is 398 g/mol. The summed E-state index contributed by atoms with van der Waals surface area (Å²) < 4.78 is 9.91. The first kappa shape index (κ1) is 21.9. The van der Waals surface area contributed by atoms with Crippen molar-refractivity contribution in [2.24, 2.45) is 0 Å². The van der Waals surface area contributed by atoms with E-state index in [1.807, 2.05) is 5.38 Å². The van der Waals surface area contributed by atoms with Gasteiger partial charge in [-0.15, -0.1) is 11.3 Å². The van der Waals surface area contributed by atoms with Crippen LogP contribution in [-0.2, 0) is 19.1 Å². The molecular formula is C19H21N3O6S. The first-order valence-corrected chi connectivity index (χ1v) is 9.46. The number of anilines is 1. The Kier molecular flexibility index (Phi) is 8.16. The van der Waals surface area contributed by atoms with Crippen LogP contribution in [0.5, 0.6) is 5.75 Å². The summed E-state index contributed by atoms with van der Waals surface area (Å²) >= 11 is 1.39. The van der Waals surface area contributed by atoms with E-state index >= 15 is 0 Å². The minimum atomic E-state index is -0.781. The molecule has 1 aromatic heterocycles. The zero-order valence-electron chi connectivity index (χ0n) is 15.9. The highest BCUT2D eigenvalue weighted by molar-refractivity contribution is 7.10. The zero-order chi connectivity index (χ0) is 21.2. The van der Waals surface area contributed by atoms with Gasteiger partial charge in [0.05, 0.1) is 19.6 Å². The van der Waals surface area contributed by atoms with Gasteiger partial charge in [-0.3, -0.25) is 19.7 Å². The van der Waals surface area contributed by atoms with Crippen molar-refractivity contribution in [1.82, 2.24) is 10.6 Å². The van der Waals surface area contributed by atoms with Crippen molar-refractivity contribution in [3.8, 4) is 5.75 Å². The number of methoxy groups -OCH3 is 1. The average Bonchev–Trinajstić information content (AvgIpc) is 3.21. The highest BCUT2D eigenvalue weighted by Gasteiger charge is 2.20. The van der Waals surface area contributed by atoms with Crippen molar-refractivity contribution in [1.29, 1.82) is 0 Å². The number of carbonyl (C=O) groups is 4. The van der Waals surface area contributed by atoms with E-state index in [0.717, 1.165) is 4.88 Å². The number of benzene rings is 1. The number of hydrogen-bond acceptors (Lipinski definition) is 7. The summed E-state index contributed by atoms with van der Waals surface area (Å²) in [7, 11) is 1.52. The summed E-state index contributed by atoms with van der Waals surface area (Å²) in [4.78, 5) is 47.8. The van der Waals surface area contributed by atoms with E-state index in [2.05, 4.69) is 16.0 Å². The molecule has 3 N–H and O–H groups in total. The van der Waals surface area contributed by atoms with Crippen molar-refractivity contribution in [2.75, 3.05) is 19.0 Å². The normalized spacial score (nSPS) is 11.1. The van der Waals surface area contributed by atoms with Crippen LogP contribution in [0.15, 0.2) is 41.8 Å². The second-order valence-corrected chi connectivity index (χ2v) is 6.84. The Morgan fingerprint density at radius 1 is 1.10 bits per heavy atom. The number of nitrogens with one attached hydrogen (secondary N) is 3. The minimum absolute atomic E-state index is 0.134. The maximum absolute atomic E-state index is 12.0. The second-order valence-electron chi connectivity index (χ2n) is 5.86. The molecule has 0 fully saturated rings. The van der Waals surface area contributed by atoms with Gasteiger partial charge in [-0.2, -0.15) is 0 Å². The van der Waals surface area contributed by atoms with Crippen LogP contribution >= 0.6 is 11.3 Å². The molecule has 1 atom stereocenters. The molecule has 1 unspecified atom stereocenters. The van der Waals surface area contributed by atoms with Crippen molar-refractivity contribution in [3.63, 3.8) is 0 Å². The van der Waals surface area contributed by atoms with Crippen molar-refractivity contribution >= 4 is 40.8 Å². The zero-order valence-corrected chi connectivity index (χ0v) is 16.7. The molecule has 0 saturated carbocycles. The van der Waals surface area contributed by atoms with Crippen LogP contribution in [0.3, 0.4) is 0 Å². The van der Waals surface area contributed by atoms with Gasteiger partial charge in [0.1, 0.15) is 5.75 Å². The van der Waals surface area contributed by atoms with E-state index in [0.29, 0.717) is 11.4 Å². The van der Waals surface area contributed by atoms with Gasteiger partial charge in [0.15, 0.2) is 6.61 Å². The predicted octanol–water partition coefficient (Wildman–Crippen LogP) is 2.22. The molecule has 0 aliphatic heterocycles. The van der Waals surface area contributed by atoms with E-state index in [4.69, 9.17) is 9.47 Å². The number of esters is 1. The third kappa shape index (κ3) is 7.62. The first-order chi connectivity index (χ1) is 13.9. The molecule has 0 radical (unpaired) electrons. The first-order valence-electron chi connectivity index (χ1n) is 8.58. The van der Waals surface area contributed by atoms with E-state index in [-0.39, 0.29) is 12.3 Å². The minimum Gasteiger partial charge on any atom is -0.497 e. The molecule has 4 amide bonds. The SMILES string of the molecule is COc1ccc(NC(=O)NC(=O)COC(=O)CC(NC(C)=O)c2cccs2)cc1. The molecule has 154 valence electrons. The van der Waals surface area contributed by atoms with Crippen LogP contribution < -0.4 is 20.7 Å². The van der Waals surface area contributed by atoms with Crippen LogP contribution in [0.2, 0.25) is 0 Å². The Morgan fingerprint density at radius 2 is 1.83 bits per heavy atom. The van der Waals surface area contributed by atoms with Gasteiger partial charge in [0.25, 0.3) is 5.91 Å². The van der Waals surface area contributed by atoms with Gasteiger partial charge in [-0.1, -0.05) is 6.07 Å². The monoisotopic (exact) mass is 419 g/mol.